The number of nitrogens with zero attached hydrogens (tertiary/aromatic N) is 1. The third-order valence-electron chi connectivity index (χ3n) is 2.34. The van der Waals surface area contributed by atoms with Crippen molar-refractivity contribution in [3.63, 3.8) is 0 Å². The Hall–Kier alpha value is -1.63. The normalized spacial score (nSPS) is 8.44. The molecule has 0 atom stereocenters. The van der Waals surface area contributed by atoms with E-state index in [1.54, 1.807) is 0 Å². The maximum Gasteiger partial charge on any atom is 0.0400 e. The number of aryl methyl sites for hydroxylation is 2. The molecule has 18 heavy (non-hydrogen) atoms. The Morgan fingerprint density at radius 1 is 0.778 bits per heavy atom. The van der Waals surface area contributed by atoms with E-state index in [1.807, 2.05) is 44.3 Å². The monoisotopic (exact) mass is 243 g/mol. The molecule has 1 heteroatoms. The van der Waals surface area contributed by atoms with Crippen LogP contribution < -0.4 is 0 Å². The van der Waals surface area contributed by atoms with Gasteiger partial charge < -0.3 is 0 Å². The van der Waals surface area contributed by atoms with Crippen molar-refractivity contribution in [2.45, 2.75) is 40.5 Å². The SMILES string of the molecule is CC.CCc1ccccc1.CCc1ccccn1. The Morgan fingerprint density at radius 3 is 1.72 bits per heavy atom. The first-order valence-corrected chi connectivity index (χ1v) is 6.80. The molecule has 0 spiro atoms. The van der Waals surface area contributed by atoms with Crippen LogP contribution in [0.3, 0.4) is 0 Å². The van der Waals surface area contributed by atoms with Crippen LogP contribution in [0.2, 0.25) is 0 Å². The van der Waals surface area contributed by atoms with Crippen molar-refractivity contribution in [1.82, 2.24) is 4.98 Å². The van der Waals surface area contributed by atoms with Crippen LogP contribution in [0.5, 0.6) is 0 Å². The summed E-state index contributed by atoms with van der Waals surface area (Å²) in [6.45, 7) is 8.26. The average Bonchev–Trinajstić information content (AvgIpc) is 2.51. The summed E-state index contributed by atoms with van der Waals surface area (Å²) in [5.41, 5.74) is 2.57. The van der Waals surface area contributed by atoms with E-state index in [9.17, 15) is 0 Å². The van der Waals surface area contributed by atoms with Gasteiger partial charge in [0.15, 0.2) is 0 Å². The van der Waals surface area contributed by atoms with Crippen molar-refractivity contribution in [2.75, 3.05) is 0 Å². The smallest absolute Gasteiger partial charge is 0.0400 e. The fraction of sp³-hybridized carbons (Fsp3) is 0.353. The molecule has 1 nitrogen and oxygen atoms in total. The van der Waals surface area contributed by atoms with Gasteiger partial charge in [0.1, 0.15) is 0 Å². The fourth-order valence-corrected chi connectivity index (χ4v) is 1.32. The van der Waals surface area contributed by atoms with E-state index >= 15 is 0 Å². The summed E-state index contributed by atoms with van der Waals surface area (Å²) in [4.78, 5) is 4.10. The first-order chi connectivity index (χ1) is 8.86. The lowest BCUT2D eigenvalue weighted by Crippen LogP contribution is -1.81. The molecule has 2 rings (SSSR count). The topological polar surface area (TPSA) is 12.9 Å². The number of rotatable bonds is 2. The van der Waals surface area contributed by atoms with Crippen LogP contribution in [0, 0.1) is 0 Å². The Kier molecular flexibility index (Phi) is 10.8. The highest BCUT2D eigenvalue weighted by Crippen LogP contribution is 1.96. The van der Waals surface area contributed by atoms with Gasteiger partial charge in [-0.1, -0.05) is 64.1 Å². The van der Waals surface area contributed by atoms with Gasteiger partial charge in [0.05, 0.1) is 0 Å². The molecule has 0 aliphatic carbocycles. The third-order valence-corrected chi connectivity index (χ3v) is 2.34. The van der Waals surface area contributed by atoms with Crippen LogP contribution in [0.4, 0.5) is 0 Å². The zero-order chi connectivity index (χ0) is 13.6. The molecule has 0 saturated carbocycles. The Balaban J connectivity index is 0.000000283. The quantitative estimate of drug-likeness (QED) is 0.729. The molecule has 0 saturated heterocycles. The minimum absolute atomic E-state index is 1.03. The van der Waals surface area contributed by atoms with Crippen molar-refractivity contribution in [2.24, 2.45) is 0 Å². The standard InChI is InChI=1S/C8H10.C7H9N.C2H6/c1-2-8-6-4-3-5-7-8;1-2-7-5-3-4-6-8-7;1-2/h3-7H,2H2,1H3;3-6H,2H2,1H3;1-2H3. The summed E-state index contributed by atoms with van der Waals surface area (Å²) < 4.78 is 0. The molecule has 0 aliphatic heterocycles. The molecule has 0 radical (unpaired) electrons. The minimum Gasteiger partial charge on any atom is -0.261 e. The second kappa shape index (κ2) is 11.8. The number of pyridine rings is 1. The molecule has 0 N–H and O–H groups in total. The van der Waals surface area contributed by atoms with E-state index in [-0.39, 0.29) is 0 Å². The average molecular weight is 243 g/mol. The summed E-state index contributed by atoms with van der Waals surface area (Å²) >= 11 is 0. The zero-order valence-electron chi connectivity index (χ0n) is 12.1. The van der Waals surface area contributed by atoms with Crippen LogP contribution in [-0.2, 0) is 12.8 Å². The van der Waals surface area contributed by atoms with E-state index in [0.29, 0.717) is 0 Å². The molecule has 1 aromatic carbocycles. The van der Waals surface area contributed by atoms with Gasteiger partial charge in [0.2, 0.25) is 0 Å². The highest BCUT2D eigenvalue weighted by atomic mass is 14.6. The van der Waals surface area contributed by atoms with Gasteiger partial charge in [-0.2, -0.15) is 0 Å². The van der Waals surface area contributed by atoms with Gasteiger partial charge >= 0.3 is 0 Å². The maximum atomic E-state index is 4.10. The van der Waals surface area contributed by atoms with E-state index < -0.39 is 0 Å². The highest BCUT2D eigenvalue weighted by molar-refractivity contribution is 5.13. The first kappa shape index (κ1) is 16.4. The van der Waals surface area contributed by atoms with Crippen LogP contribution >= 0.6 is 0 Å². The fourth-order valence-electron chi connectivity index (χ4n) is 1.32. The van der Waals surface area contributed by atoms with Crippen molar-refractivity contribution >= 4 is 0 Å². The molecule has 98 valence electrons. The van der Waals surface area contributed by atoms with E-state index in [2.05, 4.69) is 43.1 Å². The van der Waals surface area contributed by atoms with Gasteiger partial charge in [-0.25, -0.2) is 0 Å². The predicted molar refractivity (Wildman–Crippen MR) is 80.8 cm³/mol. The number of benzene rings is 1. The van der Waals surface area contributed by atoms with Crippen molar-refractivity contribution in [3.8, 4) is 0 Å². The zero-order valence-corrected chi connectivity index (χ0v) is 12.1. The number of hydrogen-bond donors (Lipinski definition) is 0. The van der Waals surface area contributed by atoms with Crippen LogP contribution in [0.1, 0.15) is 39.0 Å². The van der Waals surface area contributed by atoms with Crippen LogP contribution in [-0.4, -0.2) is 4.98 Å². The maximum absolute atomic E-state index is 4.10. The Bertz CT molecular complexity index is 328. The van der Waals surface area contributed by atoms with Gasteiger partial charge in [-0.05, 0) is 30.5 Å². The second-order valence-corrected chi connectivity index (χ2v) is 3.51. The molecule has 1 heterocycles. The van der Waals surface area contributed by atoms with Crippen LogP contribution in [0.15, 0.2) is 54.7 Å². The van der Waals surface area contributed by atoms with Crippen molar-refractivity contribution < 1.29 is 0 Å². The molecule has 0 bridgehead atoms. The van der Waals surface area contributed by atoms with Crippen LogP contribution in [0.25, 0.3) is 0 Å². The summed E-state index contributed by atoms with van der Waals surface area (Å²) in [6, 6.07) is 16.4. The molecular weight excluding hydrogens is 218 g/mol. The predicted octanol–water partition coefficient (Wildman–Crippen LogP) is 4.92. The summed E-state index contributed by atoms with van der Waals surface area (Å²) in [5.74, 6) is 0. The second-order valence-electron chi connectivity index (χ2n) is 3.51. The first-order valence-electron chi connectivity index (χ1n) is 6.80. The molecule has 1 aromatic heterocycles. The van der Waals surface area contributed by atoms with E-state index in [1.165, 1.54) is 5.56 Å². The largest absolute Gasteiger partial charge is 0.261 e. The van der Waals surface area contributed by atoms with Crippen molar-refractivity contribution in [1.29, 1.82) is 0 Å². The van der Waals surface area contributed by atoms with E-state index in [0.717, 1.165) is 18.5 Å². The third kappa shape index (κ3) is 7.61. The highest BCUT2D eigenvalue weighted by Gasteiger charge is 1.81. The number of hydrogen-bond acceptors (Lipinski definition) is 1. The lowest BCUT2D eigenvalue weighted by atomic mass is 10.2. The summed E-state index contributed by atoms with van der Waals surface area (Å²) in [5, 5.41) is 0. The molecule has 2 aromatic rings. The number of aromatic nitrogens is 1. The molecule has 0 fully saturated rings. The van der Waals surface area contributed by atoms with Crippen molar-refractivity contribution in [3.05, 3.63) is 66.0 Å². The lowest BCUT2D eigenvalue weighted by molar-refractivity contribution is 1.04. The Morgan fingerprint density at radius 2 is 1.39 bits per heavy atom. The summed E-state index contributed by atoms with van der Waals surface area (Å²) in [7, 11) is 0. The molecule has 0 aliphatic rings. The van der Waals surface area contributed by atoms with Gasteiger partial charge in [0, 0.05) is 11.9 Å². The Labute approximate surface area is 112 Å². The van der Waals surface area contributed by atoms with Gasteiger partial charge in [-0.3, -0.25) is 4.98 Å². The lowest BCUT2D eigenvalue weighted by Gasteiger charge is -1.89. The summed E-state index contributed by atoms with van der Waals surface area (Å²) in [6.07, 6.45) is 3.99. The minimum atomic E-state index is 1.03. The van der Waals surface area contributed by atoms with E-state index in [4.69, 9.17) is 0 Å². The van der Waals surface area contributed by atoms with Gasteiger partial charge in [-0.15, -0.1) is 0 Å². The van der Waals surface area contributed by atoms with Gasteiger partial charge in [0.25, 0.3) is 0 Å². The molecule has 0 unspecified atom stereocenters. The molecule has 0 amide bonds. The molecular formula is C17H25N.